The minimum absolute atomic E-state index is 0.00267. The average Bonchev–Trinajstić information content (AvgIpc) is 3.53. The Kier molecular flexibility index (Phi) is 10.0. The number of rotatable bonds is 9. The van der Waals surface area contributed by atoms with Gasteiger partial charge in [0.25, 0.3) is 0 Å². The van der Waals surface area contributed by atoms with Crippen LogP contribution >= 0.6 is 11.6 Å². The van der Waals surface area contributed by atoms with E-state index in [1.165, 1.54) is 12.4 Å². The lowest BCUT2D eigenvalue weighted by Crippen LogP contribution is -2.44. The van der Waals surface area contributed by atoms with Gasteiger partial charge in [0.05, 0.1) is 31.0 Å². The number of amides is 1. The third-order valence-corrected chi connectivity index (χ3v) is 8.82. The molecule has 0 bridgehead atoms. The lowest BCUT2D eigenvalue weighted by molar-refractivity contribution is 0.0210. The summed E-state index contributed by atoms with van der Waals surface area (Å²) in [6.07, 6.45) is 6.49. The molecule has 262 valence electrons. The molecule has 1 saturated heterocycles. The molecule has 13 heteroatoms. The third kappa shape index (κ3) is 7.70. The molecule has 50 heavy (non-hydrogen) atoms. The number of nitrogens with one attached hydrogen (secondary N) is 1. The number of ether oxygens (including phenoxy) is 3. The van der Waals surface area contributed by atoms with Gasteiger partial charge in [0.15, 0.2) is 11.5 Å². The fourth-order valence-electron chi connectivity index (χ4n) is 6.08. The standard InChI is InChI=1S/C37H41ClFN7O4/c1-37(2,3)50-36(47)45-13-11-25(12-14-45)43-32-18-28-31(17-27(32)24-19-42-44(4)21-24)40-22-41-35(28)46(26-8-9-30(39)29(38)16-26)20-23-7-10-33(48-5)34(15-23)49-6/h7-10,15-19,21-22,25,43H,11-14,20H2,1-6H3. The Labute approximate surface area is 295 Å². The van der Waals surface area contributed by atoms with Crippen molar-refractivity contribution < 1.29 is 23.4 Å². The zero-order valence-electron chi connectivity index (χ0n) is 29.0. The summed E-state index contributed by atoms with van der Waals surface area (Å²) >= 11 is 6.32. The lowest BCUT2D eigenvalue weighted by Gasteiger charge is -2.34. The molecule has 1 aliphatic heterocycles. The Balaban J connectivity index is 1.41. The maximum Gasteiger partial charge on any atom is 0.410 e. The zero-order chi connectivity index (χ0) is 35.6. The van der Waals surface area contributed by atoms with Gasteiger partial charge in [-0.1, -0.05) is 17.7 Å². The van der Waals surface area contributed by atoms with Gasteiger partial charge in [0.2, 0.25) is 0 Å². The summed E-state index contributed by atoms with van der Waals surface area (Å²) in [6, 6.07) is 14.5. The minimum atomic E-state index is -0.553. The van der Waals surface area contributed by atoms with Crippen LogP contribution in [-0.2, 0) is 18.3 Å². The van der Waals surface area contributed by atoms with E-state index < -0.39 is 11.4 Å². The molecule has 2 aromatic heterocycles. The quantitative estimate of drug-likeness (QED) is 0.164. The van der Waals surface area contributed by atoms with Crippen molar-refractivity contribution >= 4 is 45.8 Å². The first kappa shape index (κ1) is 34.8. The molecule has 0 spiro atoms. The highest BCUT2D eigenvalue weighted by atomic mass is 35.5. The van der Waals surface area contributed by atoms with Gasteiger partial charge in [-0.3, -0.25) is 4.68 Å². The van der Waals surface area contributed by atoms with Crippen LogP contribution in [0.3, 0.4) is 0 Å². The van der Waals surface area contributed by atoms with Crippen molar-refractivity contribution in [3.05, 3.63) is 83.7 Å². The van der Waals surface area contributed by atoms with Crippen LogP contribution < -0.4 is 19.7 Å². The number of piperidine rings is 1. The van der Waals surface area contributed by atoms with Crippen molar-refractivity contribution in [2.75, 3.05) is 37.5 Å². The largest absolute Gasteiger partial charge is 0.493 e. The van der Waals surface area contributed by atoms with E-state index in [1.807, 2.05) is 69.4 Å². The molecule has 11 nitrogen and oxygen atoms in total. The first-order valence-corrected chi connectivity index (χ1v) is 16.8. The lowest BCUT2D eigenvalue weighted by atomic mass is 10.0. The van der Waals surface area contributed by atoms with E-state index in [4.69, 9.17) is 30.8 Å². The SMILES string of the molecule is COc1ccc(CN(c2ccc(F)c(Cl)c2)c2ncnc3cc(-c4cnn(C)c4)c(NC4CCN(C(=O)OC(C)(C)C)CC4)cc23)cc1OC. The number of carbonyl (C=O) groups is 1. The fraction of sp³-hybridized carbons (Fsp3) is 0.351. The van der Waals surface area contributed by atoms with E-state index in [-0.39, 0.29) is 17.2 Å². The Bertz CT molecular complexity index is 2010. The van der Waals surface area contributed by atoms with Gasteiger partial charge in [-0.2, -0.15) is 5.10 Å². The third-order valence-electron chi connectivity index (χ3n) is 8.53. The summed E-state index contributed by atoms with van der Waals surface area (Å²) in [7, 11) is 5.06. The first-order valence-electron chi connectivity index (χ1n) is 16.4. The Hall–Kier alpha value is -5.10. The van der Waals surface area contributed by atoms with E-state index in [1.54, 1.807) is 35.9 Å². The predicted octanol–water partition coefficient (Wildman–Crippen LogP) is 7.99. The number of nitrogens with zero attached hydrogens (tertiary/aromatic N) is 6. The van der Waals surface area contributed by atoms with E-state index in [0.717, 1.165) is 40.6 Å². The molecular formula is C37H41ClFN7O4. The molecular weight excluding hydrogens is 661 g/mol. The van der Waals surface area contributed by atoms with Crippen molar-refractivity contribution in [1.82, 2.24) is 24.6 Å². The molecule has 0 radical (unpaired) electrons. The van der Waals surface area contributed by atoms with Crippen LogP contribution in [0.1, 0.15) is 39.2 Å². The van der Waals surface area contributed by atoms with Crippen LogP contribution in [-0.4, -0.2) is 69.7 Å². The number of methoxy groups -OCH3 is 2. The smallest absolute Gasteiger partial charge is 0.410 e. The number of aryl methyl sites for hydroxylation is 1. The number of fused-ring (bicyclic) bond motifs is 1. The highest BCUT2D eigenvalue weighted by Gasteiger charge is 2.28. The molecule has 1 aliphatic rings. The van der Waals surface area contributed by atoms with Crippen molar-refractivity contribution in [2.24, 2.45) is 7.05 Å². The van der Waals surface area contributed by atoms with E-state index >= 15 is 0 Å². The summed E-state index contributed by atoms with van der Waals surface area (Å²) in [5, 5.41) is 8.96. The van der Waals surface area contributed by atoms with Crippen LogP contribution in [0.2, 0.25) is 5.02 Å². The molecule has 1 amide bonds. The topological polar surface area (TPSA) is 107 Å². The van der Waals surface area contributed by atoms with Gasteiger partial charge >= 0.3 is 6.09 Å². The van der Waals surface area contributed by atoms with Crippen molar-refractivity contribution in [3.8, 4) is 22.6 Å². The number of likely N-dealkylation sites (tertiary alicyclic amines) is 1. The van der Waals surface area contributed by atoms with Crippen LogP contribution in [0.5, 0.6) is 11.5 Å². The van der Waals surface area contributed by atoms with Crippen LogP contribution in [0.15, 0.2) is 67.3 Å². The van der Waals surface area contributed by atoms with Gasteiger partial charge in [0.1, 0.15) is 23.6 Å². The van der Waals surface area contributed by atoms with Crippen molar-refractivity contribution in [1.29, 1.82) is 0 Å². The number of benzene rings is 3. The Morgan fingerprint density at radius 1 is 1.04 bits per heavy atom. The maximum absolute atomic E-state index is 14.4. The summed E-state index contributed by atoms with van der Waals surface area (Å²) in [4.78, 5) is 25.9. The summed E-state index contributed by atoms with van der Waals surface area (Å²) < 4.78 is 32.8. The normalized spacial score (nSPS) is 13.7. The molecule has 3 heterocycles. The summed E-state index contributed by atoms with van der Waals surface area (Å²) in [6.45, 7) is 7.11. The second-order valence-electron chi connectivity index (χ2n) is 13.3. The highest BCUT2D eigenvalue weighted by molar-refractivity contribution is 6.31. The predicted molar refractivity (Wildman–Crippen MR) is 193 cm³/mol. The van der Waals surface area contributed by atoms with Crippen molar-refractivity contribution in [3.63, 3.8) is 0 Å². The molecule has 5 aromatic rings. The van der Waals surface area contributed by atoms with Gasteiger partial charge in [0, 0.05) is 66.8 Å². The maximum atomic E-state index is 14.4. The molecule has 6 rings (SSSR count). The molecule has 0 aliphatic carbocycles. The number of carbonyl (C=O) groups excluding carboxylic acids is 1. The van der Waals surface area contributed by atoms with Gasteiger partial charge in [-0.05, 0) is 81.6 Å². The zero-order valence-corrected chi connectivity index (χ0v) is 29.8. The summed E-state index contributed by atoms with van der Waals surface area (Å²) in [5.41, 5.74) is 4.44. The second kappa shape index (κ2) is 14.4. The highest BCUT2D eigenvalue weighted by Crippen LogP contribution is 2.39. The molecule has 0 saturated carbocycles. The van der Waals surface area contributed by atoms with Gasteiger partial charge in [-0.15, -0.1) is 0 Å². The van der Waals surface area contributed by atoms with E-state index in [2.05, 4.69) is 21.5 Å². The van der Waals surface area contributed by atoms with E-state index in [0.29, 0.717) is 48.2 Å². The fourth-order valence-corrected chi connectivity index (χ4v) is 6.25. The van der Waals surface area contributed by atoms with Gasteiger partial charge < -0.3 is 29.3 Å². The number of halogens is 2. The molecule has 3 aromatic carbocycles. The number of hydrogen-bond donors (Lipinski definition) is 1. The molecule has 1 N–H and O–H groups in total. The van der Waals surface area contributed by atoms with Crippen LogP contribution in [0.25, 0.3) is 22.0 Å². The van der Waals surface area contributed by atoms with Crippen LogP contribution in [0.4, 0.5) is 26.4 Å². The number of anilines is 3. The molecule has 0 unspecified atom stereocenters. The number of hydrogen-bond acceptors (Lipinski definition) is 9. The molecule has 0 atom stereocenters. The molecule has 1 fully saturated rings. The van der Waals surface area contributed by atoms with Crippen molar-refractivity contribution in [2.45, 2.75) is 51.8 Å². The van der Waals surface area contributed by atoms with E-state index in [9.17, 15) is 9.18 Å². The van der Waals surface area contributed by atoms with Gasteiger partial charge in [-0.25, -0.2) is 19.2 Å². The first-order chi connectivity index (χ1) is 23.9. The Morgan fingerprint density at radius 2 is 1.80 bits per heavy atom. The van der Waals surface area contributed by atoms with Crippen LogP contribution in [0, 0.1) is 5.82 Å². The monoisotopic (exact) mass is 701 g/mol. The summed E-state index contributed by atoms with van der Waals surface area (Å²) in [5.74, 6) is 1.28. The Morgan fingerprint density at radius 3 is 2.46 bits per heavy atom. The number of aromatic nitrogens is 4. The minimum Gasteiger partial charge on any atom is -0.493 e. The second-order valence-corrected chi connectivity index (χ2v) is 13.7. The average molecular weight is 702 g/mol.